The van der Waals surface area contributed by atoms with Crippen LogP contribution in [0.3, 0.4) is 0 Å². The van der Waals surface area contributed by atoms with E-state index in [0.29, 0.717) is 12.8 Å². The van der Waals surface area contributed by atoms with Crippen LogP contribution in [0.15, 0.2) is 0 Å². The Labute approximate surface area is 273 Å². The average molecular weight is 628 g/mol. The summed E-state index contributed by atoms with van der Waals surface area (Å²) in [5.74, 6) is -0.584. The molecule has 0 aromatic heterocycles. The number of unbranched alkanes of at least 4 members (excludes halogenated alkanes) is 26. The fourth-order valence-electron chi connectivity index (χ4n) is 6.17. The molecule has 264 valence electrons. The van der Waals surface area contributed by atoms with E-state index in [1.165, 1.54) is 141 Å². The zero-order chi connectivity index (χ0) is 32.5. The topological polar surface area (TPSA) is 110 Å². The maximum atomic E-state index is 12.4. The Kier molecular flexibility index (Phi) is 33.1. The van der Waals surface area contributed by atoms with E-state index in [2.05, 4.69) is 19.2 Å². The second-order valence-electron chi connectivity index (χ2n) is 13.6. The molecule has 4 atom stereocenters. The third kappa shape index (κ3) is 27.6. The SMILES string of the molecule is CCCCCCCCCCCCCCCCCCCCC(O)C(O)C(CO)NC(=O)C(O)CCCCCCCCCCCC. The average Bonchev–Trinajstić information content (AvgIpc) is 3.03. The molecular formula is C38H77NO5. The first-order chi connectivity index (χ1) is 21.5. The van der Waals surface area contributed by atoms with Crippen LogP contribution < -0.4 is 5.32 Å². The molecule has 5 N–H and O–H groups in total. The fraction of sp³-hybridized carbons (Fsp3) is 0.974. The van der Waals surface area contributed by atoms with Crippen molar-refractivity contribution in [3.63, 3.8) is 0 Å². The van der Waals surface area contributed by atoms with Gasteiger partial charge in [-0.05, 0) is 12.8 Å². The minimum Gasteiger partial charge on any atom is -0.394 e. The Morgan fingerprint density at radius 2 is 0.773 bits per heavy atom. The number of hydrogen-bond acceptors (Lipinski definition) is 5. The lowest BCUT2D eigenvalue weighted by atomic mass is 9.99. The van der Waals surface area contributed by atoms with Crippen LogP contribution in [-0.4, -0.2) is 57.3 Å². The summed E-state index contributed by atoms with van der Waals surface area (Å²) in [6.07, 6.45) is 32.7. The van der Waals surface area contributed by atoms with E-state index in [1.54, 1.807) is 0 Å². The molecule has 0 aliphatic rings. The highest BCUT2D eigenvalue weighted by Gasteiger charge is 2.28. The predicted molar refractivity (Wildman–Crippen MR) is 187 cm³/mol. The van der Waals surface area contributed by atoms with Crippen LogP contribution in [0.25, 0.3) is 0 Å². The minimum atomic E-state index is -1.25. The number of nitrogens with one attached hydrogen (secondary N) is 1. The number of hydrogen-bond donors (Lipinski definition) is 5. The first kappa shape index (κ1) is 43.3. The van der Waals surface area contributed by atoms with Gasteiger partial charge in [-0.1, -0.05) is 194 Å². The summed E-state index contributed by atoms with van der Waals surface area (Å²) in [4.78, 5) is 12.4. The Morgan fingerprint density at radius 1 is 0.477 bits per heavy atom. The third-order valence-electron chi connectivity index (χ3n) is 9.32. The Bertz CT molecular complexity index is 590. The Hall–Kier alpha value is -0.690. The van der Waals surface area contributed by atoms with E-state index in [0.717, 1.165) is 38.5 Å². The van der Waals surface area contributed by atoms with Crippen molar-refractivity contribution in [3.8, 4) is 0 Å². The van der Waals surface area contributed by atoms with Gasteiger partial charge in [-0.15, -0.1) is 0 Å². The molecule has 0 radical (unpaired) electrons. The zero-order valence-corrected chi connectivity index (χ0v) is 29.4. The lowest BCUT2D eigenvalue weighted by molar-refractivity contribution is -0.132. The van der Waals surface area contributed by atoms with Crippen molar-refractivity contribution in [3.05, 3.63) is 0 Å². The largest absolute Gasteiger partial charge is 0.394 e. The van der Waals surface area contributed by atoms with Crippen LogP contribution in [0.1, 0.15) is 206 Å². The molecule has 0 spiro atoms. The molecule has 0 fully saturated rings. The number of amides is 1. The van der Waals surface area contributed by atoms with Gasteiger partial charge in [0.05, 0.1) is 18.8 Å². The normalized spacial score (nSPS) is 14.4. The van der Waals surface area contributed by atoms with Crippen LogP contribution in [-0.2, 0) is 4.79 Å². The first-order valence-electron chi connectivity index (χ1n) is 19.4. The van der Waals surface area contributed by atoms with E-state index in [9.17, 15) is 25.2 Å². The van der Waals surface area contributed by atoms with Gasteiger partial charge in [-0.3, -0.25) is 4.79 Å². The molecule has 0 rings (SSSR count). The minimum absolute atomic E-state index is 0.373. The molecule has 0 aromatic carbocycles. The summed E-state index contributed by atoms with van der Waals surface area (Å²) in [7, 11) is 0. The molecule has 6 nitrogen and oxygen atoms in total. The molecule has 1 amide bonds. The highest BCUT2D eigenvalue weighted by Crippen LogP contribution is 2.16. The second kappa shape index (κ2) is 33.7. The van der Waals surface area contributed by atoms with E-state index in [-0.39, 0.29) is 0 Å². The van der Waals surface area contributed by atoms with Crippen molar-refractivity contribution >= 4 is 5.91 Å². The molecule has 0 bridgehead atoms. The molecule has 0 aliphatic heterocycles. The van der Waals surface area contributed by atoms with Crippen molar-refractivity contribution in [1.29, 1.82) is 0 Å². The number of aliphatic hydroxyl groups excluding tert-OH is 4. The lowest BCUT2D eigenvalue weighted by Crippen LogP contribution is -2.53. The van der Waals surface area contributed by atoms with Crippen LogP contribution >= 0.6 is 0 Å². The van der Waals surface area contributed by atoms with Gasteiger partial charge in [-0.25, -0.2) is 0 Å². The van der Waals surface area contributed by atoms with E-state index in [4.69, 9.17) is 0 Å². The van der Waals surface area contributed by atoms with E-state index < -0.39 is 36.9 Å². The van der Waals surface area contributed by atoms with Crippen molar-refractivity contribution in [2.45, 2.75) is 231 Å². The van der Waals surface area contributed by atoms with Gasteiger partial charge in [-0.2, -0.15) is 0 Å². The van der Waals surface area contributed by atoms with E-state index in [1.807, 2.05) is 0 Å². The predicted octanol–water partition coefficient (Wildman–Crippen LogP) is 9.29. The Balaban J connectivity index is 3.73. The summed E-state index contributed by atoms with van der Waals surface area (Å²) in [5.41, 5.74) is 0. The first-order valence-corrected chi connectivity index (χ1v) is 19.4. The van der Waals surface area contributed by atoms with Gasteiger partial charge in [0.25, 0.3) is 0 Å². The number of carbonyl (C=O) groups is 1. The van der Waals surface area contributed by atoms with Crippen molar-refractivity contribution in [2.24, 2.45) is 0 Å². The van der Waals surface area contributed by atoms with Gasteiger partial charge in [0.1, 0.15) is 12.2 Å². The molecule has 44 heavy (non-hydrogen) atoms. The molecule has 0 saturated heterocycles. The van der Waals surface area contributed by atoms with Crippen molar-refractivity contribution < 1.29 is 25.2 Å². The number of aliphatic hydroxyl groups is 4. The monoisotopic (exact) mass is 628 g/mol. The summed E-state index contributed by atoms with van der Waals surface area (Å²) < 4.78 is 0. The number of rotatable bonds is 35. The highest BCUT2D eigenvalue weighted by atomic mass is 16.3. The fourth-order valence-corrected chi connectivity index (χ4v) is 6.17. The molecule has 4 unspecified atom stereocenters. The third-order valence-corrected chi connectivity index (χ3v) is 9.32. The van der Waals surface area contributed by atoms with Gasteiger partial charge in [0, 0.05) is 0 Å². The summed E-state index contributed by atoms with van der Waals surface area (Å²) in [6.45, 7) is 4.03. The summed E-state index contributed by atoms with van der Waals surface area (Å²) >= 11 is 0. The molecule has 0 aliphatic carbocycles. The molecular weight excluding hydrogens is 550 g/mol. The van der Waals surface area contributed by atoms with Gasteiger partial charge >= 0.3 is 0 Å². The highest BCUT2D eigenvalue weighted by molar-refractivity contribution is 5.80. The molecule has 0 aromatic rings. The molecule has 0 heterocycles. The van der Waals surface area contributed by atoms with Gasteiger partial charge in [0.2, 0.25) is 5.91 Å². The smallest absolute Gasteiger partial charge is 0.249 e. The van der Waals surface area contributed by atoms with Crippen LogP contribution in [0.4, 0.5) is 0 Å². The van der Waals surface area contributed by atoms with Crippen molar-refractivity contribution in [1.82, 2.24) is 5.32 Å². The standard InChI is InChI=1S/C38H77NO5/c1-3-5-7-9-11-13-15-16-17-18-19-20-21-22-24-25-27-29-31-35(41)37(43)34(33-40)39-38(44)36(42)32-30-28-26-23-14-12-10-8-6-4-2/h34-37,40-43H,3-33H2,1-2H3,(H,39,44). The second-order valence-corrected chi connectivity index (χ2v) is 13.6. The Morgan fingerprint density at radius 3 is 1.09 bits per heavy atom. The van der Waals surface area contributed by atoms with Crippen LogP contribution in [0.5, 0.6) is 0 Å². The van der Waals surface area contributed by atoms with Crippen LogP contribution in [0, 0.1) is 0 Å². The van der Waals surface area contributed by atoms with Crippen LogP contribution in [0.2, 0.25) is 0 Å². The van der Waals surface area contributed by atoms with Gasteiger partial charge in [0.15, 0.2) is 0 Å². The summed E-state index contributed by atoms with van der Waals surface area (Å²) in [5, 5.41) is 43.4. The quantitative estimate of drug-likeness (QED) is 0.0450. The lowest BCUT2D eigenvalue weighted by Gasteiger charge is -2.27. The number of carbonyl (C=O) groups excluding carboxylic acids is 1. The maximum absolute atomic E-state index is 12.4. The maximum Gasteiger partial charge on any atom is 0.249 e. The van der Waals surface area contributed by atoms with E-state index >= 15 is 0 Å². The van der Waals surface area contributed by atoms with Crippen molar-refractivity contribution in [2.75, 3.05) is 6.61 Å². The zero-order valence-electron chi connectivity index (χ0n) is 29.4. The molecule has 0 saturated carbocycles. The molecule has 6 heteroatoms. The summed E-state index contributed by atoms with van der Waals surface area (Å²) in [6, 6.07) is -0.976. The van der Waals surface area contributed by atoms with Gasteiger partial charge < -0.3 is 25.7 Å².